The second-order valence-electron chi connectivity index (χ2n) is 5.16. The van der Waals surface area contributed by atoms with Crippen LogP contribution >= 0.6 is 0 Å². The average molecular weight is 316 g/mol. The van der Waals surface area contributed by atoms with Gasteiger partial charge in [-0.15, -0.1) is 0 Å². The Labute approximate surface area is 126 Å². The molecule has 10 nitrogen and oxygen atoms in total. The van der Waals surface area contributed by atoms with Crippen molar-refractivity contribution < 1.29 is 29.4 Å². The van der Waals surface area contributed by atoms with E-state index in [1.54, 1.807) is 0 Å². The van der Waals surface area contributed by atoms with Gasteiger partial charge in [-0.25, -0.2) is 9.59 Å². The summed E-state index contributed by atoms with van der Waals surface area (Å²) in [6, 6.07) is -0.352. The molecule has 2 atom stereocenters. The molecule has 6 N–H and O–H groups in total. The third-order valence-electron chi connectivity index (χ3n) is 3.38. The largest absolute Gasteiger partial charge is 0.481 e. The Hall–Kier alpha value is -2.52. The first-order valence-corrected chi connectivity index (χ1v) is 6.78. The number of urea groups is 2. The Morgan fingerprint density at radius 1 is 0.864 bits per heavy atom. The van der Waals surface area contributed by atoms with Crippen molar-refractivity contribution in [3.05, 3.63) is 0 Å². The summed E-state index contributed by atoms with van der Waals surface area (Å²) >= 11 is 0. The third-order valence-corrected chi connectivity index (χ3v) is 3.38. The van der Waals surface area contributed by atoms with E-state index < -0.39 is 11.9 Å². The van der Waals surface area contributed by atoms with Crippen molar-refractivity contribution in [2.75, 3.05) is 0 Å². The van der Waals surface area contributed by atoms with E-state index in [9.17, 15) is 19.2 Å². The average Bonchev–Trinajstić information content (AvgIpc) is 2.35. The Bertz CT molecular complexity index is 429. The molecule has 0 aromatic carbocycles. The van der Waals surface area contributed by atoms with Gasteiger partial charge in [-0.2, -0.15) is 0 Å². The lowest BCUT2D eigenvalue weighted by atomic mass is 9.87. The van der Waals surface area contributed by atoms with E-state index in [4.69, 9.17) is 10.2 Å². The normalized spacial score (nSPS) is 29.4. The van der Waals surface area contributed by atoms with Crippen LogP contribution in [0.5, 0.6) is 0 Å². The zero-order valence-electron chi connectivity index (χ0n) is 12.3. The molecule has 124 valence electrons. The molecule has 2 heterocycles. The lowest BCUT2D eigenvalue weighted by molar-refractivity contribution is -0.143. The molecule has 2 unspecified atom stereocenters. The molecule has 0 aliphatic carbocycles. The zero-order valence-corrected chi connectivity index (χ0v) is 12.3. The summed E-state index contributed by atoms with van der Waals surface area (Å²) < 4.78 is 0. The number of carbonyl (C=O) groups excluding carboxylic acids is 2. The van der Waals surface area contributed by atoms with Gasteiger partial charge in [0, 0.05) is 18.0 Å². The Morgan fingerprint density at radius 2 is 1.23 bits per heavy atom. The first-order chi connectivity index (χ1) is 10.2. The van der Waals surface area contributed by atoms with Crippen molar-refractivity contribution in [3.8, 4) is 0 Å². The molecule has 0 spiro atoms. The van der Waals surface area contributed by atoms with Gasteiger partial charge in [0.15, 0.2) is 0 Å². The van der Waals surface area contributed by atoms with Crippen molar-refractivity contribution in [2.24, 2.45) is 5.92 Å². The number of hydrogen-bond donors (Lipinski definition) is 6. The second-order valence-corrected chi connectivity index (χ2v) is 5.16. The zero-order chi connectivity index (χ0) is 16.9. The Balaban J connectivity index is 0.000000261. The molecule has 0 bridgehead atoms. The van der Waals surface area contributed by atoms with Crippen LogP contribution in [0, 0.1) is 5.92 Å². The summed E-state index contributed by atoms with van der Waals surface area (Å²) in [5.74, 6) is -1.98. The standard InChI is InChI=1S/C8H14N4O2.C4H6O4/c1-3-5-4(2)10-8(14)12-6(5)11-7(13)9-3;5-3(6)1-2-4(7)8/h3-6H,1-2H3,(H2,9,11,13)(H2,10,12,14);1-2H2,(H,5,6)(H,7,8). The van der Waals surface area contributed by atoms with Gasteiger partial charge in [0.1, 0.15) is 6.17 Å². The SMILES string of the molecule is CC1NC(=O)NC2NC(=O)NC(C)C12.O=C(O)CCC(=O)O. The number of amides is 4. The lowest BCUT2D eigenvalue weighted by Crippen LogP contribution is -2.73. The summed E-state index contributed by atoms with van der Waals surface area (Å²) in [5.41, 5.74) is 0. The van der Waals surface area contributed by atoms with Gasteiger partial charge >= 0.3 is 24.0 Å². The molecule has 2 aliphatic heterocycles. The number of carboxylic acids is 2. The molecule has 2 fully saturated rings. The maximum absolute atomic E-state index is 11.1. The van der Waals surface area contributed by atoms with Gasteiger partial charge in [0.05, 0.1) is 12.8 Å². The number of carbonyl (C=O) groups is 4. The highest BCUT2D eigenvalue weighted by molar-refractivity contribution is 5.80. The van der Waals surface area contributed by atoms with E-state index >= 15 is 0 Å². The van der Waals surface area contributed by atoms with Gasteiger partial charge in [0.2, 0.25) is 0 Å². The van der Waals surface area contributed by atoms with Crippen LogP contribution in [-0.4, -0.2) is 52.5 Å². The van der Waals surface area contributed by atoms with Crippen molar-refractivity contribution in [1.29, 1.82) is 0 Å². The summed E-state index contributed by atoms with van der Waals surface area (Å²) in [6.45, 7) is 3.87. The number of hydrogen-bond acceptors (Lipinski definition) is 4. The predicted molar refractivity (Wildman–Crippen MR) is 74.0 cm³/mol. The van der Waals surface area contributed by atoms with Crippen molar-refractivity contribution in [3.63, 3.8) is 0 Å². The Morgan fingerprint density at radius 3 is 1.55 bits per heavy atom. The van der Waals surface area contributed by atoms with E-state index in [2.05, 4.69) is 21.3 Å². The second kappa shape index (κ2) is 7.48. The quantitative estimate of drug-likeness (QED) is 0.403. The number of aliphatic carboxylic acids is 2. The number of rotatable bonds is 3. The van der Waals surface area contributed by atoms with Crippen LogP contribution in [0.2, 0.25) is 0 Å². The minimum atomic E-state index is -1.08. The minimum Gasteiger partial charge on any atom is -0.481 e. The highest BCUT2D eigenvalue weighted by atomic mass is 16.4. The number of carboxylic acid groups (broad SMARTS) is 2. The third kappa shape index (κ3) is 5.11. The molecule has 0 radical (unpaired) electrons. The number of fused-ring (bicyclic) bond motifs is 1. The molecule has 4 amide bonds. The minimum absolute atomic E-state index is 0.0526. The van der Waals surface area contributed by atoms with Crippen LogP contribution in [-0.2, 0) is 9.59 Å². The van der Waals surface area contributed by atoms with Crippen LogP contribution in [0.15, 0.2) is 0 Å². The van der Waals surface area contributed by atoms with Gasteiger partial charge in [0.25, 0.3) is 0 Å². The molecule has 10 heteroatoms. The summed E-state index contributed by atoms with van der Waals surface area (Å²) in [4.78, 5) is 41.6. The maximum atomic E-state index is 11.1. The smallest absolute Gasteiger partial charge is 0.316 e. The first-order valence-electron chi connectivity index (χ1n) is 6.78. The molecule has 0 aromatic rings. The fraction of sp³-hybridized carbons (Fsp3) is 0.667. The van der Waals surface area contributed by atoms with Crippen molar-refractivity contribution in [1.82, 2.24) is 21.3 Å². The van der Waals surface area contributed by atoms with Gasteiger partial charge < -0.3 is 31.5 Å². The molecule has 2 aliphatic rings. The van der Waals surface area contributed by atoms with E-state index in [-0.39, 0.29) is 49.1 Å². The monoisotopic (exact) mass is 316 g/mol. The molecule has 2 saturated heterocycles. The van der Waals surface area contributed by atoms with Crippen molar-refractivity contribution in [2.45, 2.75) is 44.9 Å². The van der Waals surface area contributed by atoms with Crippen LogP contribution in [0.4, 0.5) is 9.59 Å². The summed E-state index contributed by atoms with van der Waals surface area (Å²) in [5, 5.41) is 26.7. The summed E-state index contributed by atoms with van der Waals surface area (Å²) in [6.07, 6.45) is -0.854. The maximum Gasteiger partial charge on any atom is 0.316 e. The first kappa shape index (κ1) is 17.5. The van der Waals surface area contributed by atoms with Crippen LogP contribution in [0.3, 0.4) is 0 Å². The van der Waals surface area contributed by atoms with Crippen LogP contribution in [0.25, 0.3) is 0 Å². The van der Waals surface area contributed by atoms with Crippen LogP contribution in [0.1, 0.15) is 26.7 Å². The van der Waals surface area contributed by atoms with E-state index in [0.29, 0.717) is 0 Å². The number of nitrogens with one attached hydrogen (secondary N) is 4. The van der Waals surface area contributed by atoms with E-state index in [0.717, 1.165) is 0 Å². The van der Waals surface area contributed by atoms with Gasteiger partial charge in [-0.1, -0.05) is 0 Å². The van der Waals surface area contributed by atoms with Crippen LogP contribution < -0.4 is 21.3 Å². The van der Waals surface area contributed by atoms with Gasteiger partial charge in [-0.3, -0.25) is 9.59 Å². The fourth-order valence-corrected chi connectivity index (χ4v) is 2.42. The highest BCUT2D eigenvalue weighted by Crippen LogP contribution is 2.19. The lowest BCUT2D eigenvalue weighted by Gasteiger charge is -2.44. The predicted octanol–water partition coefficient (Wildman–Crippen LogP) is -0.733. The highest BCUT2D eigenvalue weighted by Gasteiger charge is 2.41. The molecule has 0 aromatic heterocycles. The van der Waals surface area contributed by atoms with E-state index in [1.807, 2.05) is 13.8 Å². The fourth-order valence-electron chi connectivity index (χ4n) is 2.42. The molecular formula is C12H20N4O6. The molecule has 2 rings (SSSR count). The van der Waals surface area contributed by atoms with Crippen molar-refractivity contribution >= 4 is 24.0 Å². The topological polar surface area (TPSA) is 157 Å². The van der Waals surface area contributed by atoms with Gasteiger partial charge in [-0.05, 0) is 13.8 Å². The summed E-state index contributed by atoms with van der Waals surface area (Å²) in [7, 11) is 0. The molecular weight excluding hydrogens is 296 g/mol. The molecule has 22 heavy (non-hydrogen) atoms. The van der Waals surface area contributed by atoms with E-state index in [1.165, 1.54) is 0 Å². The molecule has 0 saturated carbocycles. The Kier molecular flexibility index (Phi) is 5.96.